The molecule has 2 amide bonds. The summed E-state index contributed by atoms with van der Waals surface area (Å²) in [4.78, 5) is 30.0. The minimum absolute atomic E-state index is 0.245. The van der Waals surface area contributed by atoms with E-state index >= 15 is 0 Å². The van der Waals surface area contributed by atoms with Crippen LogP contribution in [0.4, 0.5) is 27.5 Å². The fourth-order valence-electron chi connectivity index (χ4n) is 3.04. The molecule has 0 aliphatic carbocycles. The Hall–Kier alpha value is -3.48. The minimum Gasteiger partial charge on any atom is -0.453 e. The molecule has 1 aliphatic rings. The zero-order valence-corrected chi connectivity index (χ0v) is 18.2. The smallest absolute Gasteiger partial charge is 0.419 e. The molecule has 0 fully saturated rings. The first-order chi connectivity index (χ1) is 14.0. The van der Waals surface area contributed by atoms with Crippen molar-refractivity contribution in [3.05, 3.63) is 49.1 Å². The number of nitrogens with zero attached hydrogens (tertiary/aromatic N) is 3. The first-order valence-corrected chi connectivity index (χ1v) is 9.58. The maximum Gasteiger partial charge on any atom is 0.419 e. The molecule has 0 N–H and O–H groups in total. The third kappa shape index (κ3) is 4.10. The van der Waals surface area contributed by atoms with E-state index < -0.39 is 11.7 Å². The third-order valence-corrected chi connectivity index (χ3v) is 4.57. The van der Waals surface area contributed by atoms with Crippen molar-refractivity contribution in [2.24, 2.45) is 0 Å². The Balaban J connectivity index is 2.12. The normalized spacial score (nSPS) is 12.3. The van der Waals surface area contributed by atoms with Crippen molar-refractivity contribution in [3.8, 4) is 11.5 Å². The van der Waals surface area contributed by atoms with Gasteiger partial charge in [-0.15, -0.1) is 0 Å². The first kappa shape index (κ1) is 21.2. The Morgan fingerprint density at radius 1 is 1.00 bits per heavy atom. The van der Waals surface area contributed by atoms with E-state index in [9.17, 15) is 9.59 Å². The maximum atomic E-state index is 13.1. The van der Waals surface area contributed by atoms with Gasteiger partial charge in [-0.1, -0.05) is 6.58 Å². The van der Waals surface area contributed by atoms with E-state index in [0.717, 1.165) is 5.69 Å². The molecule has 1 aliphatic heterocycles. The monoisotopic (exact) mass is 409 g/mol. The minimum atomic E-state index is -0.657. The number of carbonyl (C=O) groups excluding carboxylic acids is 2. The number of rotatable bonds is 3. The summed E-state index contributed by atoms with van der Waals surface area (Å²) >= 11 is 0. The predicted molar refractivity (Wildman–Crippen MR) is 119 cm³/mol. The van der Waals surface area contributed by atoms with Crippen molar-refractivity contribution in [3.63, 3.8) is 0 Å². The van der Waals surface area contributed by atoms with Crippen LogP contribution in [0.25, 0.3) is 0 Å². The highest BCUT2D eigenvalue weighted by molar-refractivity contribution is 6.03. The second kappa shape index (κ2) is 7.74. The lowest BCUT2D eigenvalue weighted by Gasteiger charge is -2.33. The van der Waals surface area contributed by atoms with Crippen LogP contribution in [0.5, 0.6) is 11.5 Å². The Kier molecular flexibility index (Phi) is 5.48. The van der Waals surface area contributed by atoms with Crippen LogP contribution in [0.1, 0.15) is 20.8 Å². The summed E-state index contributed by atoms with van der Waals surface area (Å²) in [6.07, 6.45) is 0.737. The molecule has 2 aromatic rings. The molecule has 0 spiro atoms. The van der Waals surface area contributed by atoms with Gasteiger partial charge in [-0.2, -0.15) is 0 Å². The average molecular weight is 409 g/mol. The van der Waals surface area contributed by atoms with Crippen LogP contribution in [0.3, 0.4) is 0 Å². The molecule has 158 valence electrons. The molecule has 0 radical (unpaired) electrons. The van der Waals surface area contributed by atoms with Crippen LogP contribution in [0.15, 0.2) is 49.1 Å². The highest BCUT2D eigenvalue weighted by Gasteiger charge is 2.33. The Bertz CT molecular complexity index is 1010. The van der Waals surface area contributed by atoms with E-state index in [2.05, 4.69) is 6.58 Å². The van der Waals surface area contributed by atoms with E-state index in [1.54, 1.807) is 25.2 Å². The standard InChI is InChI=1S/C23H27N3O4/c1-8-21(27)25(7)16-10-12-18-20(14-16)29-19-13-15(24(5)6)9-11-17(19)26(18)22(28)30-23(2,3)4/h8-14H,1H2,2-7H3. The van der Waals surface area contributed by atoms with Gasteiger partial charge < -0.3 is 19.3 Å². The molecule has 30 heavy (non-hydrogen) atoms. The molecule has 1 heterocycles. The summed E-state index contributed by atoms with van der Waals surface area (Å²) in [6, 6.07) is 10.8. The SMILES string of the molecule is C=CC(=O)N(C)c1ccc2c(c1)Oc1cc(N(C)C)ccc1N2C(=O)OC(C)(C)C. The van der Waals surface area contributed by atoms with Crippen LogP contribution >= 0.6 is 0 Å². The molecular weight excluding hydrogens is 382 g/mol. The van der Waals surface area contributed by atoms with E-state index in [4.69, 9.17) is 9.47 Å². The summed E-state index contributed by atoms with van der Waals surface area (Å²) < 4.78 is 11.8. The van der Waals surface area contributed by atoms with E-state index in [1.165, 1.54) is 15.9 Å². The topological polar surface area (TPSA) is 62.3 Å². The van der Waals surface area contributed by atoms with Crippen molar-refractivity contribution in [2.75, 3.05) is 35.8 Å². The summed E-state index contributed by atoms with van der Waals surface area (Å²) in [7, 11) is 5.51. The van der Waals surface area contributed by atoms with E-state index in [-0.39, 0.29) is 5.91 Å². The number of amides is 2. The Morgan fingerprint density at radius 3 is 2.03 bits per heavy atom. The quantitative estimate of drug-likeness (QED) is 0.662. The first-order valence-electron chi connectivity index (χ1n) is 9.58. The van der Waals surface area contributed by atoms with Crippen molar-refractivity contribution < 1.29 is 19.1 Å². The molecule has 7 heteroatoms. The van der Waals surface area contributed by atoms with Crippen LogP contribution in [-0.4, -0.2) is 38.7 Å². The Morgan fingerprint density at radius 2 is 1.53 bits per heavy atom. The lowest BCUT2D eigenvalue weighted by atomic mass is 10.1. The summed E-state index contributed by atoms with van der Waals surface area (Å²) in [6.45, 7) is 8.99. The number of fused-ring (bicyclic) bond motifs is 2. The van der Waals surface area contributed by atoms with Crippen molar-refractivity contribution in [1.82, 2.24) is 0 Å². The van der Waals surface area contributed by atoms with Gasteiger partial charge in [0.15, 0.2) is 11.5 Å². The maximum absolute atomic E-state index is 13.1. The number of carbonyl (C=O) groups is 2. The lowest BCUT2D eigenvalue weighted by molar-refractivity contribution is -0.113. The van der Waals surface area contributed by atoms with E-state index in [1.807, 2.05) is 58.0 Å². The molecule has 0 aromatic heterocycles. The summed E-state index contributed by atoms with van der Waals surface area (Å²) in [5, 5.41) is 0. The van der Waals surface area contributed by atoms with Gasteiger partial charge in [0, 0.05) is 44.7 Å². The van der Waals surface area contributed by atoms with Gasteiger partial charge in [0.1, 0.15) is 5.60 Å². The number of anilines is 4. The van der Waals surface area contributed by atoms with Crippen LogP contribution in [-0.2, 0) is 9.53 Å². The summed E-state index contributed by atoms with van der Waals surface area (Å²) in [5.74, 6) is 0.727. The predicted octanol–water partition coefficient (Wildman–Crippen LogP) is 5.08. The number of hydrogen-bond donors (Lipinski definition) is 0. The van der Waals surface area contributed by atoms with Gasteiger partial charge in [-0.25, -0.2) is 9.69 Å². The van der Waals surface area contributed by atoms with Crippen molar-refractivity contribution in [1.29, 1.82) is 0 Å². The molecule has 7 nitrogen and oxygen atoms in total. The average Bonchev–Trinajstić information content (AvgIpc) is 2.68. The molecule has 0 unspecified atom stereocenters. The molecule has 0 bridgehead atoms. The largest absolute Gasteiger partial charge is 0.453 e. The van der Waals surface area contributed by atoms with Gasteiger partial charge in [0.05, 0.1) is 11.4 Å². The molecule has 0 saturated carbocycles. The summed E-state index contributed by atoms with van der Waals surface area (Å²) in [5.41, 5.74) is 2.02. The van der Waals surface area contributed by atoms with Crippen LogP contribution in [0, 0.1) is 0 Å². The number of benzene rings is 2. The second-order valence-electron chi connectivity index (χ2n) is 8.22. The van der Waals surface area contributed by atoms with Crippen molar-refractivity contribution >= 4 is 34.7 Å². The lowest BCUT2D eigenvalue weighted by Crippen LogP contribution is -2.35. The fourth-order valence-corrected chi connectivity index (χ4v) is 3.04. The highest BCUT2D eigenvalue weighted by Crippen LogP contribution is 2.49. The third-order valence-electron chi connectivity index (χ3n) is 4.57. The van der Waals surface area contributed by atoms with Gasteiger partial charge in [-0.3, -0.25) is 4.79 Å². The molecule has 3 rings (SSSR count). The molecule has 0 saturated heterocycles. The van der Waals surface area contributed by atoms with E-state index in [0.29, 0.717) is 28.6 Å². The number of hydrogen-bond acceptors (Lipinski definition) is 5. The number of likely N-dealkylation sites (N-methyl/N-ethyl adjacent to an activating group) is 1. The van der Waals surface area contributed by atoms with Gasteiger partial charge in [0.25, 0.3) is 0 Å². The zero-order chi connectivity index (χ0) is 22.2. The van der Waals surface area contributed by atoms with Gasteiger partial charge in [-0.05, 0) is 51.1 Å². The van der Waals surface area contributed by atoms with Crippen LogP contribution < -0.4 is 19.4 Å². The highest BCUT2D eigenvalue weighted by atomic mass is 16.6. The second-order valence-corrected chi connectivity index (χ2v) is 8.22. The zero-order valence-electron chi connectivity index (χ0n) is 18.2. The van der Waals surface area contributed by atoms with Gasteiger partial charge in [0.2, 0.25) is 5.91 Å². The van der Waals surface area contributed by atoms with Gasteiger partial charge >= 0.3 is 6.09 Å². The van der Waals surface area contributed by atoms with Crippen molar-refractivity contribution in [2.45, 2.75) is 26.4 Å². The molecular formula is C23H27N3O4. The fraction of sp³-hybridized carbons (Fsp3) is 0.304. The molecule has 0 atom stereocenters. The number of ether oxygens (including phenoxy) is 2. The van der Waals surface area contributed by atoms with Crippen LogP contribution in [0.2, 0.25) is 0 Å². The molecule has 2 aromatic carbocycles. The Labute approximate surface area is 177 Å².